The van der Waals surface area contributed by atoms with Crippen LogP contribution in [-0.4, -0.2) is 25.9 Å². The van der Waals surface area contributed by atoms with Gasteiger partial charge in [0, 0.05) is 35.5 Å². The fourth-order valence-corrected chi connectivity index (χ4v) is 2.71. The molecule has 0 aliphatic heterocycles. The second kappa shape index (κ2) is 6.00. The van der Waals surface area contributed by atoms with E-state index in [4.69, 9.17) is 0 Å². The monoisotopic (exact) mass is 291 g/mol. The number of hydrogen-bond donors (Lipinski definition) is 1. The summed E-state index contributed by atoms with van der Waals surface area (Å²) in [7, 11) is 0.861. The van der Waals surface area contributed by atoms with Crippen molar-refractivity contribution in [2.24, 2.45) is 7.05 Å². The van der Waals surface area contributed by atoms with E-state index in [1.807, 2.05) is 25.1 Å². The van der Waals surface area contributed by atoms with Crippen molar-refractivity contribution in [2.45, 2.75) is 12.7 Å². The smallest absolute Gasteiger partial charge is 0.273 e. The third-order valence-electron chi connectivity index (χ3n) is 3.10. The van der Waals surface area contributed by atoms with E-state index in [0.717, 1.165) is 16.8 Å². The number of carbonyl (C=O) groups excluding carboxylic acids is 1. The van der Waals surface area contributed by atoms with E-state index >= 15 is 0 Å². The molecule has 0 aliphatic rings. The maximum absolute atomic E-state index is 12.1. The molecule has 1 unspecified atom stereocenters. The highest BCUT2D eigenvalue weighted by Gasteiger charge is 2.12. The number of hydrogen-bond acceptors (Lipinski definition) is 3. The number of imidazole rings is 1. The molecule has 2 aromatic rings. The van der Waals surface area contributed by atoms with Crippen molar-refractivity contribution in [2.75, 3.05) is 11.6 Å². The van der Waals surface area contributed by atoms with Crippen molar-refractivity contribution in [1.82, 2.24) is 9.55 Å². The Hall–Kier alpha value is -1.95. The van der Waals surface area contributed by atoms with Crippen molar-refractivity contribution in [3.8, 4) is 0 Å². The molecule has 5 nitrogen and oxygen atoms in total. The number of carbonyl (C=O) groups is 1. The lowest BCUT2D eigenvalue weighted by Gasteiger charge is -2.12. The lowest BCUT2D eigenvalue weighted by atomic mass is 10.1. The quantitative estimate of drug-likeness (QED) is 0.935. The zero-order chi connectivity index (χ0) is 14.7. The highest BCUT2D eigenvalue weighted by Crippen LogP contribution is 2.20. The van der Waals surface area contributed by atoms with Gasteiger partial charge in [0.1, 0.15) is 5.69 Å². The SMILES string of the molecule is Cc1c(CS(C)=O)cccc1NC(=O)c1cncn1C. The average Bonchev–Trinajstić information content (AvgIpc) is 2.80. The molecule has 0 saturated heterocycles. The van der Waals surface area contributed by atoms with Crippen LogP contribution in [-0.2, 0) is 23.6 Å². The predicted octanol–water partition coefficient (Wildman–Crippen LogP) is 1.86. The fraction of sp³-hybridized carbons (Fsp3) is 0.286. The number of amides is 1. The van der Waals surface area contributed by atoms with E-state index in [1.54, 1.807) is 24.2 Å². The molecule has 6 heteroatoms. The van der Waals surface area contributed by atoms with Gasteiger partial charge >= 0.3 is 0 Å². The lowest BCUT2D eigenvalue weighted by molar-refractivity contribution is 0.101. The van der Waals surface area contributed by atoms with Crippen LogP contribution in [0.25, 0.3) is 0 Å². The third-order valence-corrected chi connectivity index (χ3v) is 3.82. The molecule has 0 radical (unpaired) electrons. The minimum atomic E-state index is -0.908. The minimum Gasteiger partial charge on any atom is -0.330 e. The molecule has 1 atom stereocenters. The molecule has 0 aliphatic carbocycles. The fourth-order valence-electron chi connectivity index (χ4n) is 1.96. The lowest BCUT2D eigenvalue weighted by Crippen LogP contribution is -2.16. The van der Waals surface area contributed by atoms with Crippen molar-refractivity contribution in [3.05, 3.63) is 47.5 Å². The molecule has 1 aromatic heterocycles. The Bertz CT molecular complexity index is 664. The summed E-state index contributed by atoms with van der Waals surface area (Å²) in [5.74, 6) is 0.282. The van der Waals surface area contributed by atoms with Gasteiger partial charge in [0.25, 0.3) is 5.91 Å². The number of aromatic nitrogens is 2. The Morgan fingerprint density at radius 2 is 2.20 bits per heavy atom. The number of benzene rings is 1. The molecule has 1 N–H and O–H groups in total. The summed E-state index contributed by atoms with van der Waals surface area (Å²) in [6.07, 6.45) is 4.77. The highest BCUT2D eigenvalue weighted by molar-refractivity contribution is 7.83. The van der Waals surface area contributed by atoms with E-state index < -0.39 is 10.8 Å². The van der Waals surface area contributed by atoms with Gasteiger partial charge in [-0.15, -0.1) is 0 Å². The standard InChI is InChI=1S/C14H17N3O2S/c1-10-11(8-20(3)19)5-4-6-12(10)16-14(18)13-7-15-9-17(13)2/h4-7,9H,8H2,1-3H3,(H,16,18). The van der Waals surface area contributed by atoms with Crippen LogP contribution in [0.15, 0.2) is 30.7 Å². The first-order chi connectivity index (χ1) is 9.49. The van der Waals surface area contributed by atoms with Crippen molar-refractivity contribution in [3.63, 3.8) is 0 Å². The van der Waals surface area contributed by atoms with E-state index in [2.05, 4.69) is 10.3 Å². The van der Waals surface area contributed by atoms with Crippen molar-refractivity contribution < 1.29 is 9.00 Å². The van der Waals surface area contributed by atoms with Gasteiger partial charge in [-0.1, -0.05) is 12.1 Å². The maximum atomic E-state index is 12.1. The normalized spacial score (nSPS) is 12.2. The van der Waals surface area contributed by atoms with Crippen LogP contribution in [0, 0.1) is 6.92 Å². The van der Waals surface area contributed by atoms with E-state index in [9.17, 15) is 9.00 Å². The van der Waals surface area contributed by atoms with Crippen LogP contribution in [0.1, 0.15) is 21.6 Å². The molecule has 1 aromatic carbocycles. The highest BCUT2D eigenvalue weighted by atomic mass is 32.2. The second-order valence-electron chi connectivity index (χ2n) is 4.65. The molecule has 0 spiro atoms. The third kappa shape index (κ3) is 3.14. The number of aryl methyl sites for hydroxylation is 1. The predicted molar refractivity (Wildman–Crippen MR) is 80.1 cm³/mol. The van der Waals surface area contributed by atoms with Crippen LogP contribution in [0.4, 0.5) is 5.69 Å². The topological polar surface area (TPSA) is 64.0 Å². The molecule has 106 valence electrons. The molecule has 0 fully saturated rings. The maximum Gasteiger partial charge on any atom is 0.273 e. The molecular weight excluding hydrogens is 274 g/mol. The Kier molecular flexibility index (Phi) is 4.34. The Labute approximate surface area is 120 Å². The van der Waals surface area contributed by atoms with Crippen LogP contribution >= 0.6 is 0 Å². The van der Waals surface area contributed by atoms with Crippen LogP contribution in [0.5, 0.6) is 0 Å². The van der Waals surface area contributed by atoms with E-state index in [-0.39, 0.29) is 5.91 Å². The molecule has 1 heterocycles. The van der Waals surface area contributed by atoms with Gasteiger partial charge in [0.05, 0.1) is 12.5 Å². The zero-order valence-corrected chi connectivity index (χ0v) is 12.5. The number of nitrogens with zero attached hydrogens (tertiary/aromatic N) is 2. The summed E-state index contributed by atoms with van der Waals surface area (Å²) in [5.41, 5.74) is 3.15. The Balaban J connectivity index is 2.24. The van der Waals surface area contributed by atoms with Gasteiger partial charge < -0.3 is 9.88 Å². The Morgan fingerprint density at radius 1 is 1.45 bits per heavy atom. The van der Waals surface area contributed by atoms with Gasteiger partial charge in [-0.3, -0.25) is 9.00 Å². The van der Waals surface area contributed by atoms with Gasteiger partial charge in [0.2, 0.25) is 0 Å². The van der Waals surface area contributed by atoms with Crippen molar-refractivity contribution in [1.29, 1.82) is 0 Å². The van der Waals surface area contributed by atoms with Crippen LogP contribution in [0.3, 0.4) is 0 Å². The second-order valence-corrected chi connectivity index (χ2v) is 6.09. The number of rotatable bonds is 4. The van der Waals surface area contributed by atoms with Gasteiger partial charge in [-0.2, -0.15) is 0 Å². The van der Waals surface area contributed by atoms with Crippen LogP contribution < -0.4 is 5.32 Å². The summed E-state index contributed by atoms with van der Waals surface area (Å²) in [6.45, 7) is 1.92. The zero-order valence-electron chi connectivity index (χ0n) is 11.7. The summed E-state index contributed by atoms with van der Waals surface area (Å²) in [4.78, 5) is 16.1. The molecular formula is C14H17N3O2S. The number of anilines is 1. The summed E-state index contributed by atoms with van der Waals surface area (Å²) in [6, 6.07) is 5.62. The summed E-state index contributed by atoms with van der Waals surface area (Å²) in [5, 5.41) is 2.87. The van der Waals surface area contributed by atoms with Gasteiger partial charge in [0.15, 0.2) is 0 Å². The van der Waals surface area contributed by atoms with Gasteiger partial charge in [-0.05, 0) is 24.1 Å². The first-order valence-electron chi connectivity index (χ1n) is 6.15. The number of nitrogens with one attached hydrogen (secondary N) is 1. The molecule has 0 bridgehead atoms. The summed E-state index contributed by atoms with van der Waals surface area (Å²) >= 11 is 0. The van der Waals surface area contributed by atoms with Gasteiger partial charge in [-0.25, -0.2) is 4.98 Å². The largest absolute Gasteiger partial charge is 0.330 e. The van der Waals surface area contributed by atoms with Crippen molar-refractivity contribution >= 4 is 22.4 Å². The van der Waals surface area contributed by atoms with E-state index in [1.165, 1.54) is 6.20 Å². The molecule has 2 rings (SSSR count). The average molecular weight is 291 g/mol. The summed E-state index contributed by atoms with van der Waals surface area (Å²) < 4.78 is 13.0. The molecule has 0 saturated carbocycles. The Morgan fingerprint density at radius 3 is 2.80 bits per heavy atom. The first kappa shape index (κ1) is 14.5. The molecule has 20 heavy (non-hydrogen) atoms. The minimum absolute atomic E-state index is 0.206. The molecule has 1 amide bonds. The van der Waals surface area contributed by atoms with E-state index in [0.29, 0.717) is 11.4 Å². The van der Waals surface area contributed by atoms with Crippen LogP contribution in [0.2, 0.25) is 0 Å². The first-order valence-corrected chi connectivity index (χ1v) is 7.88.